The number of aromatic nitrogens is 2. The van der Waals surface area contributed by atoms with Gasteiger partial charge in [0.2, 0.25) is 0 Å². The van der Waals surface area contributed by atoms with E-state index in [0.717, 1.165) is 10.0 Å². The first-order valence-corrected chi connectivity index (χ1v) is 9.69. The topological polar surface area (TPSA) is 76.3 Å². The summed E-state index contributed by atoms with van der Waals surface area (Å²) in [6.07, 6.45) is 3.95. The van der Waals surface area contributed by atoms with Crippen molar-refractivity contribution in [2.24, 2.45) is 5.10 Å². The number of thioether (sulfide) groups is 1. The summed E-state index contributed by atoms with van der Waals surface area (Å²) in [5.41, 5.74) is 4.47. The Balaban J connectivity index is 2.12. The van der Waals surface area contributed by atoms with Crippen molar-refractivity contribution in [3.8, 4) is 0 Å². The summed E-state index contributed by atoms with van der Waals surface area (Å²) in [6, 6.07) is 7.51. The fourth-order valence-corrected chi connectivity index (χ4v) is 3.15. The van der Waals surface area contributed by atoms with Gasteiger partial charge in [-0.15, -0.1) is 0 Å². The van der Waals surface area contributed by atoms with Gasteiger partial charge < -0.3 is 0 Å². The third kappa shape index (κ3) is 5.02. The molecule has 1 heterocycles. The van der Waals surface area contributed by atoms with Crippen LogP contribution in [-0.4, -0.2) is 27.9 Å². The van der Waals surface area contributed by atoms with Gasteiger partial charge in [0, 0.05) is 15.7 Å². The van der Waals surface area contributed by atoms with E-state index in [0.29, 0.717) is 22.8 Å². The number of rotatable bonds is 6. The van der Waals surface area contributed by atoms with Crippen LogP contribution in [0.4, 0.5) is 0 Å². The highest BCUT2D eigenvalue weighted by Gasteiger charge is 2.14. The average molecular weight is 423 g/mol. The van der Waals surface area contributed by atoms with Crippen molar-refractivity contribution >= 4 is 39.8 Å². The molecule has 1 amide bonds. The molecule has 0 saturated heterocycles. The molecule has 0 bridgehead atoms. The number of nitrogens with zero attached hydrogens (tertiary/aromatic N) is 3. The summed E-state index contributed by atoms with van der Waals surface area (Å²) in [6.45, 7) is 3.59. The number of hydrogen-bond donors (Lipinski definition) is 1. The second kappa shape index (κ2) is 8.96. The number of amides is 1. The molecule has 1 aromatic heterocycles. The Labute approximate surface area is 158 Å². The smallest absolute Gasteiger partial charge is 0.260 e. The van der Waals surface area contributed by atoms with E-state index in [1.165, 1.54) is 16.3 Å². The van der Waals surface area contributed by atoms with E-state index < -0.39 is 0 Å². The molecule has 6 nitrogen and oxygen atoms in total. The number of hydrogen-bond acceptors (Lipinski definition) is 5. The number of hydrazone groups is 1. The normalized spacial score (nSPS) is 11.0. The zero-order valence-electron chi connectivity index (χ0n) is 14.2. The van der Waals surface area contributed by atoms with Gasteiger partial charge in [-0.1, -0.05) is 46.7 Å². The molecule has 0 radical (unpaired) electrons. The van der Waals surface area contributed by atoms with Gasteiger partial charge in [0.25, 0.3) is 11.5 Å². The van der Waals surface area contributed by atoms with Crippen molar-refractivity contribution in [1.82, 2.24) is 15.0 Å². The Morgan fingerprint density at radius 2 is 2.08 bits per heavy atom. The highest BCUT2D eigenvalue weighted by Crippen LogP contribution is 2.12. The lowest BCUT2D eigenvalue weighted by molar-refractivity contribution is -0.121. The highest BCUT2D eigenvalue weighted by molar-refractivity contribution is 9.10. The molecular formula is C17H19BrN4O2S. The van der Waals surface area contributed by atoms with E-state index >= 15 is 0 Å². The van der Waals surface area contributed by atoms with Crippen LogP contribution >= 0.6 is 27.7 Å². The molecule has 132 valence electrons. The minimum atomic E-state index is -0.376. The molecule has 0 unspecified atom stereocenters. The maximum Gasteiger partial charge on any atom is 0.260 e. The molecule has 2 rings (SSSR count). The summed E-state index contributed by atoms with van der Waals surface area (Å²) in [7, 11) is 0. The van der Waals surface area contributed by atoms with Crippen LogP contribution in [0.2, 0.25) is 0 Å². The number of carbonyl (C=O) groups excluding carboxylic acids is 1. The van der Waals surface area contributed by atoms with E-state index in [9.17, 15) is 9.59 Å². The quantitative estimate of drug-likeness (QED) is 0.336. The number of nitrogens with one attached hydrogen (secondary N) is 1. The van der Waals surface area contributed by atoms with Crippen LogP contribution in [0.1, 0.15) is 23.7 Å². The largest absolute Gasteiger partial charge is 0.278 e. The summed E-state index contributed by atoms with van der Waals surface area (Å²) in [5, 5.41) is 4.45. The van der Waals surface area contributed by atoms with Gasteiger partial charge in [-0.05, 0) is 37.3 Å². The van der Waals surface area contributed by atoms with Gasteiger partial charge in [-0.25, -0.2) is 10.4 Å². The summed E-state index contributed by atoms with van der Waals surface area (Å²) >= 11 is 4.69. The first kappa shape index (κ1) is 19.4. The van der Waals surface area contributed by atoms with Gasteiger partial charge >= 0.3 is 0 Å². The van der Waals surface area contributed by atoms with Crippen molar-refractivity contribution in [3.05, 3.63) is 55.9 Å². The maximum atomic E-state index is 12.5. The minimum Gasteiger partial charge on any atom is -0.278 e. The number of carbonyl (C=O) groups is 1. The molecule has 0 aliphatic heterocycles. The zero-order chi connectivity index (χ0) is 18.4. The number of aryl methyl sites for hydroxylation is 1. The summed E-state index contributed by atoms with van der Waals surface area (Å²) in [4.78, 5) is 29.1. The van der Waals surface area contributed by atoms with Crippen LogP contribution < -0.4 is 11.0 Å². The lowest BCUT2D eigenvalue weighted by Gasteiger charge is -2.12. The fourth-order valence-electron chi connectivity index (χ4n) is 2.28. The van der Waals surface area contributed by atoms with E-state index in [1.807, 2.05) is 44.4 Å². The fraction of sp³-hybridized carbons (Fsp3) is 0.294. The molecule has 2 aromatic rings. The molecular weight excluding hydrogens is 404 g/mol. The molecule has 0 aliphatic carbocycles. The summed E-state index contributed by atoms with van der Waals surface area (Å²) < 4.78 is 2.36. The van der Waals surface area contributed by atoms with Crippen molar-refractivity contribution in [2.75, 3.05) is 6.26 Å². The number of halogens is 1. The van der Waals surface area contributed by atoms with Crippen molar-refractivity contribution in [3.63, 3.8) is 0 Å². The molecule has 0 saturated carbocycles. The second-order valence-electron chi connectivity index (χ2n) is 5.25. The molecule has 0 fully saturated rings. The number of benzene rings is 1. The third-order valence-corrected chi connectivity index (χ3v) is 4.75. The first-order valence-electron chi connectivity index (χ1n) is 7.68. The average Bonchev–Trinajstić information content (AvgIpc) is 2.59. The van der Waals surface area contributed by atoms with E-state index in [-0.39, 0.29) is 18.0 Å². The standard InChI is InChI=1S/C17H19BrN4O2S/c1-4-14-11(2)20-17(25-3)22(16(14)24)10-15(23)21-19-9-12-5-7-13(18)8-6-12/h5-9H,4,10H2,1-3H3,(H,21,23). The van der Waals surface area contributed by atoms with Crippen LogP contribution in [-0.2, 0) is 17.8 Å². The third-order valence-electron chi connectivity index (χ3n) is 3.55. The van der Waals surface area contributed by atoms with Crippen molar-refractivity contribution in [2.45, 2.75) is 32.0 Å². The molecule has 1 N–H and O–H groups in total. The molecule has 1 aromatic carbocycles. The van der Waals surface area contributed by atoms with Gasteiger partial charge in [-0.2, -0.15) is 5.10 Å². The lowest BCUT2D eigenvalue weighted by atomic mass is 10.2. The lowest BCUT2D eigenvalue weighted by Crippen LogP contribution is -2.33. The predicted octanol–water partition coefficient (Wildman–Crippen LogP) is 2.75. The van der Waals surface area contributed by atoms with Gasteiger partial charge in [0.15, 0.2) is 5.16 Å². The first-order chi connectivity index (χ1) is 12.0. The van der Waals surface area contributed by atoms with Gasteiger partial charge in [0.1, 0.15) is 6.54 Å². The van der Waals surface area contributed by atoms with Crippen LogP contribution in [0.25, 0.3) is 0 Å². The highest BCUT2D eigenvalue weighted by atomic mass is 79.9. The Bertz CT molecular complexity index is 847. The molecule has 0 aliphatic rings. The van der Waals surface area contributed by atoms with Crippen LogP contribution in [0.15, 0.2) is 43.8 Å². The summed E-state index contributed by atoms with van der Waals surface area (Å²) in [5.74, 6) is -0.376. The Morgan fingerprint density at radius 1 is 1.40 bits per heavy atom. The van der Waals surface area contributed by atoms with Crippen LogP contribution in [0, 0.1) is 6.92 Å². The molecule has 0 spiro atoms. The monoisotopic (exact) mass is 422 g/mol. The Kier molecular flexibility index (Phi) is 6.95. The Hall–Kier alpha value is -1.93. The SMILES string of the molecule is CCc1c(C)nc(SC)n(CC(=O)NN=Cc2ccc(Br)cc2)c1=O. The van der Waals surface area contributed by atoms with E-state index in [4.69, 9.17) is 0 Å². The molecule has 8 heteroatoms. The van der Waals surface area contributed by atoms with E-state index in [1.54, 1.807) is 6.21 Å². The minimum absolute atomic E-state index is 0.118. The second-order valence-corrected chi connectivity index (χ2v) is 6.94. The predicted molar refractivity (Wildman–Crippen MR) is 104 cm³/mol. The zero-order valence-corrected chi connectivity index (χ0v) is 16.6. The van der Waals surface area contributed by atoms with Crippen LogP contribution in [0.3, 0.4) is 0 Å². The van der Waals surface area contributed by atoms with Gasteiger partial charge in [-0.3, -0.25) is 14.2 Å². The van der Waals surface area contributed by atoms with Crippen molar-refractivity contribution in [1.29, 1.82) is 0 Å². The van der Waals surface area contributed by atoms with Crippen molar-refractivity contribution < 1.29 is 4.79 Å². The van der Waals surface area contributed by atoms with Crippen LogP contribution in [0.5, 0.6) is 0 Å². The Morgan fingerprint density at radius 3 is 2.68 bits per heavy atom. The van der Waals surface area contributed by atoms with E-state index in [2.05, 4.69) is 31.4 Å². The molecule has 0 atom stereocenters. The molecule has 25 heavy (non-hydrogen) atoms. The maximum absolute atomic E-state index is 12.5. The van der Waals surface area contributed by atoms with Gasteiger partial charge in [0.05, 0.1) is 6.21 Å².